The lowest BCUT2D eigenvalue weighted by atomic mass is 9.94. The molecule has 0 spiro atoms. The van der Waals surface area contributed by atoms with Crippen LogP contribution in [-0.4, -0.2) is 29.7 Å². The number of carbonyl (C=O) groups excluding carboxylic acids is 1. The maximum absolute atomic E-state index is 13.2. The zero-order chi connectivity index (χ0) is 22.4. The van der Waals surface area contributed by atoms with Gasteiger partial charge in [-0.25, -0.2) is 4.79 Å². The normalized spacial score (nSPS) is 20.9. The van der Waals surface area contributed by atoms with Crippen molar-refractivity contribution >= 4 is 11.7 Å². The molecular formula is C30H29NO2. The maximum Gasteiger partial charge on any atom is 0.410 e. The number of ether oxygens (including phenoxy) is 1. The molecule has 2 bridgehead atoms. The molecule has 0 radical (unpaired) electrons. The van der Waals surface area contributed by atoms with E-state index in [4.69, 9.17) is 4.74 Å². The van der Waals surface area contributed by atoms with Crippen molar-refractivity contribution in [3.05, 3.63) is 101 Å². The van der Waals surface area contributed by atoms with Crippen LogP contribution in [0.25, 0.3) is 16.7 Å². The molecular weight excluding hydrogens is 406 g/mol. The molecule has 3 aromatic rings. The van der Waals surface area contributed by atoms with Crippen molar-refractivity contribution in [2.45, 2.75) is 50.6 Å². The van der Waals surface area contributed by atoms with Crippen LogP contribution in [0.4, 0.5) is 4.79 Å². The number of fused-ring (bicyclic) bond motifs is 5. The third-order valence-electron chi connectivity index (χ3n) is 7.68. The Morgan fingerprint density at radius 2 is 1.58 bits per heavy atom. The van der Waals surface area contributed by atoms with Crippen LogP contribution in [0.5, 0.6) is 0 Å². The third-order valence-corrected chi connectivity index (χ3v) is 7.68. The van der Waals surface area contributed by atoms with E-state index in [1.807, 2.05) is 4.90 Å². The Labute approximate surface area is 195 Å². The Bertz CT molecular complexity index is 1180. The lowest BCUT2D eigenvalue weighted by Gasteiger charge is -2.33. The van der Waals surface area contributed by atoms with Gasteiger partial charge in [0.15, 0.2) is 0 Å². The number of benzene rings is 3. The summed E-state index contributed by atoms with van der Waals surface area (Å²) in [7, 11) is 0. The van der Waals surface area contributed by atoms with E-state index in [9.17, 15) is 4.79 Å². The van der Waals surface area contributed by atoms with Crippen molar-refractivity contribution in [1.29, 1.82) is 0 Å². The molecule has 0 saturated carbocycles. The molecule has 2 atom stereocenters. The number of hydrogen-bond acceptors (Lipinski definition) is 2. The van der Waals surface area contributed by atoms with Gasteiger partial charge in [0.2, 0.25) is 0 Å². The van der Waals surface area contributed by atoms with Crippen LogP contribution >= 0.6 is 0 Å². The van der Waals surface area contributed by atoms with Gasteiger partial charge in [-0.1, -0.05) is 85.8 Å². The van der Waals surface area contributed by atoms with Crippen molar-refractivity contribution in [3.63, 3.8) is 0 Å². The molecule has 3 aliphatic rings. The topological polar surface area (TPSA) is 29.5 Å². The van der Waals surface area contributed by atoms with Crippen molar-refractivity contribution in [3.8, 4) is 11.1 Å². The minimum Gasteiger partial charge on any atom is -0.448 e. The van der Waals surface area contributed by atoms with Crippen LogP contribution in [0.1, 0.15) is 54.4 Å². The molecule has 2 aliphatic heterocycles. The number of carbonyl (C=O) groups is 1. The molecule has 33 heavy (non-hydrogen) atoms. The first-order valence-corrected chi connectivity index (χ1v) is 12.2. The summed E-state index contributed by atoms with van der Waals surface area (Å²) in [5.74, 6) is 0.104. The summed E-state index contributed by atoms with van der Waals surface area (Å²) in [6, 6.07) is 26.2. The largest absolute Gasteiger partial charge is 0.448 e. The second-order valence-corrected chi connectivity index (χ2v) is 9.46. The molecule has 166 valence electrons. The van der Waals surface area contributed by atoms with Crippen LogP contribution in [0.2, 0.25) is 0 Å². The van der Waals surface area contributed by atoms with Crippen molar-refractivity contribution in [1.82, 2.24) is 4.90 Å². The Hall–Kier alpha value is -3.33. The second kappa shape index (κ2) is 8.22. The Balaban J connectivity index is 1.19. The van der Waals surface area contributed by atoms with Gasteiger partial charge < -0.3 is 4.74 Å². The highest BCUT2D eigenvalue weighted by Crippen LogP contribution is 2.45. The third kappa shape index (κ3) is 3.47. The first-order chi connectivity index (χ1) is 16.2. The minimum atomic E-state index is -0.166. The predicted molar refractivity (Wildman–Crippen MR) is 132 cm³/mol. The SMILES string of the molecule is CCc1ccc(C2=CC3CCC(C2)N3C(=O)OCC2c3ccccc3-c3ccccc32)cc1. The van der Waals surface area contributed by atoms with E-state index < -0.39 is 0 Å². The van der Waals surface area contributed by atoms with Gasteiger partial charge in [0.05, 0.1) is 6.04 Å². The molecule has 0 N–H and O–H groups in total. The van der Waals surface area contributed by atoms with E-state index in [1.165, 1.54) is 39.0 Å². The van der Waals surface area contributed by atoms with E-state index in [2.05, 4.69) is 85.8 Å². The number of aryl methyl sites for hydroxylation is 1. The predicted octanol–water partition coefficient (Wildman–Crippen LogP) is 6.82. The van der Waals surface area contributed by atoms with E-state index in [-0.39, 0.29) is 24.1 Å². The van der Waals surface area contributed by atoms with Gasteiger partial charge in [-0.15, -0.1) is 0 Å². The molecule has 1 aliphatic carbocycles. The summed E-state index contributed by atoms with van der Waals surface area (Å²) in [5.41, 5.74) is 9.04. The van der Waals surface area contributed by atoms with Gasteiger partial charge in [-0.3, -0.25) is 4.90 Å². The summed E-state index contributed by atoms with van der Waals surface area (Å²) in [5, 5.41) is 0. The molecule has 3 nitrogen and oxygen atoms in total. The number of rotatable bonds is 4. The highest BCUT2D eigenvalue weighted by atomic mass is 16.6. The van der Waals surface area contributed by atoms with Crippen LogP contribution < -0.4 is 0 Å². The molecule has 1 amide bonds. The van der Waals surface area contributed by atoms with E-state index in [1.54, 1.807) is 0 Å². The van der Waals surface area contributed by atoms with Gasteiger partial charge in [-0.2, -0.15) is 0 Å². The van der Waals surface area contributed by atoms with Gasteiger partial charge in [0.25, 0.3) is 0 Å². The fourth-order valence-electron chi connectivity index (χ4n) is 5.95. The van der Waals surface area contributed by atoms with Crippen LogP contribution in [-0.2, 0) is 11.2 Å². The summed E-state index contributed by atoms with van der Waals surface area (Å²) in [6.07, 6.45) is 6.16. The van der Waals surface area contributed by atoms with Crippen molar-refractivity contribution in [2.75, 3.05) is 6.61 Å². The standard InChI is InChI=1S/C30H29NO2/c1-2-20-11-13-21(14-12-20)22-17-23-15-16-24(18-22)31(23)30(32)33-19-29-27-9-5-3-7-25(27)26-8-4-6-10-28(26)29/h3-14,17,23-24,29H,2,15-16,18-19H2,1H3. The summed E-state index contributed by atoms with van der Waals surface area (Å²) in [6.45, 7) is 2.57. The first-order valence-electron chi connectivity index (χ1n) is 12.2. The lowest BCUT2D eigenvalue weighted by Crippen LogP contribution is -2.43. The molecule has 0 aromatic heterocycles. The quantitative estimate of drug-likeness (QED) is 0.450. The van der Waals surface area contributed by atoms with Gasteiger partial charge in [0.1, 0.15) is 6.61 Å². The number of amides is 1. The Morgan fingerprint density at radius 3 is 2.21 bits per heavy atom. The zero-order valence-corrected chi connectivity index (χ0v) is 19.0. The van der Waals surface area contributed by atoms with Crippen molar-refractivity contribution < 1.29 is 9.53 Å². The molecule has 6 rings (SSSR count). The zero-order valence-electron chi connectivity index (χ0n) is 19.0. The molecule has 3 heteroatoms. The minimum absolute atomic E-state index is 0.104. The Kier molecular flexibility index (Phi) is 5.05. The fourth-order valence-corrected chi connectivity index (χ4v) is 5.95. The maximum atomic E-state index is 13.2. The summed E-state index contributed by atoms with van der Waals surface area (Å²) >= 11 is 0. The number of nitrogens with zero attached hydrogens (tertiary/aromatic N) is 1. The summed E-state index contributed by atoms with van der Waals surface area (Å²) in [4.78, 5) is 15.2. The molecule has 1 fully saturated rings. The average molecular weight is 436 g/mol. The fraction of sp³-hybridized carbons (Fsp3) is 0.300. The molecule has 1 saturated heterocycles. The van der Waals surface area contributed by atoms with Gasteiger partial charge >= 0.3 is 6.09 Å². The van der Waals surface area contributed by atoms with Crippen LogP contribution in [0.15, 0.2) is 78.9 Å². The summed E-state index contributed by atoms with van der Waals surface area (Å²) < 4.78 is 5.99. The molecule has 2 heterocycles. The molecule has 2 unspecified atom stereocenters. The number of hydrogen-bond donors (Lipinski definition) is 0. The average Bonchev–Trinajstić information content (AvgIpc) is 3.33. The van der Waals surface area contributed by atoms with Gasteiger partial charge in [0, 0.05) is 12.0 Å². The first kappa shape index (κ1) is 20.3. The monoisotopic (exact) mass is 435 g/mol. The van der Waals surface area contributed by atoms with E-state index >= 15 is 0 Å². The smallest absolute Gasteiger partial charge is 0.410 e. The van der Waals surface area contributed by atoms with E-state index in [0.29, 0.717) is 6.61 Å². The lowest BCUT2D eigenvalue weighted by molar-refractivity contribution is 0.0866. The van der Waals surface area contributed by atoms with Crippen LogP contribution in [0.3, 0.4) is 0 Å². The molecule has 3 aromatic carbocycles. The van der Waals surface area contributed by atoms with E-state index in [0.717, 1.165) is 25.7 Å². The Morgan fingerprint density at radius 1 is 0.909 bits per heavy atom. The second-order valence-electron chi connectivity index (χ2n) is 9.46. The highest BCUT2D eigenvalue weighted by Gasteiger charge is 2.41. The van der Waals surface area contributed by atoms with Crippen LogP contribution in [0, 0.1) is 0 Å². The van der Waals surface area contributed by atoms with Gasteiger partial charge in [-0.05, 0) is 64.6 Å². The highest BCUT2D eigenvalue weighted by molar-refractivity contribution is 5.79. The van der Waals surface area contributed by atoms with Crippen molar-refractivity contribution in [2.24, 2.45) is 0 Å².